The van der Waals surface area contributed by atoms with E-state index in [9.17, 15) is 10.1 Å². The number of halogens is 1. The molecule has 2 aromatic rings. The summed E-state index contributed by atoms with van der Waals surface area (Å²) < 4.78 is 0. The predicted octanol–water partition coefficient (Wildman–Crippen LogP) is 4.62. The molecule has 1 aliphatic heterocycles. The third-order valence-corrected chi connectivity index (χ3v) is 6.47. The molecule has 1 fully saturated rings. The first-order valence-electron chi connectivity index (χ1n) is 9.92. The lowest BCUT2D eigenvalue weighted by Crippen LogP contribution is -2.43. The molecular formula is C23H24ClN3O. The Labute approximate surface area is 171 Å². The number of hydrogen-bond donors (Lipinski definition) is 1. The zero-order valence-corrected chi connectivity index (χ0v) is 16.8. The van der Waals surface area contributed by atoms with Gasteiger partial charge in [0.05, 0.1) is 10.6 Å². The first kappa shape index (κ1) is 18.8. The van der Waals surface area contributed by atoms with Crippen molar-refractivity contribution in [1.82, 2.24) is 5.32 Å². The van der Waals surface area contributed by atoms with E-state index in [4.69, 9.17) is 11.6 Å². The van der Waals surface area contributed by atoms with E-state index >= 15 is 0 Å². The molecule has 0 unspecified atom stereocenters. The van der Waals surface area contributed by atoms with Crippen LogP contribution in [0.4, 0.5) is 5.69 Å². The van der Waals surface area contributed by atoms with Crippen molar-refractivity contribution in [2.45, 2.75) is 51.1 Å². The minimum Gasteiger partial charge on any atom is -0.368 e. The van der Waals surface area contributed by atoms with Crippen LogP contribution in [-0.2, 0) is 6.42 Å². The van der Waals surface area contributed by atoms with Gasteiger partial charge in [0.1, 0.15) is 6.07 Å². The molecule has 0 radical (unpaired) electrons. The van der Waals surface area contributed by atoms with Crippen LogP contribution in [0.15, 0.2) is 36.4 Å². The van der Waals surface area contributed by atoms with Gasteiger partial charge in [0.15, 0.2) is 0 Å². The van der Waals surface area contributed by atoms with Crippen LogP contribution in [0.3, 0.4) is 0 Å². The normalized spacial score (nSPS) is 21.1. The highest BCUT2D eigenvalue weighted by Crippen LogP contribution is 2.39. The summed E-state index contributed by atoms with van der Waals surface area (Å²) in [6, 6.07) is 14.5. The molecule has 2 aromatic carbocycles. The van der Waals surface area contributed by atoms with Gasteiger partial charge in [0.25, 0.3) is 5.91 Å². The number of nitrogens with zero attached hydrogens (tertiary/aromatic N) is 2. The fourth-order valence-electron chi connectivity index (χ4n) is 4.44. The molecule has 0 aromatic heterocycles. The van der Waals surface area contributed by atoms with Crippen molar-refractivity contribution in [1.29, 1.82) is 5.26 Å². The Morgan fingerprint density at radius 2 is 1.86 bits per heavy atom. The van der Waals surface area contributed by atoms with Gasteiger partial charge in [-0.15, -0.1) is 0 Å². The second-order valence-corrected chi connectivity index (χ2v) is 8.20. The number of benzene rings is 2. The van der Waals surface area contributed by atoms with Crippen LogP contribution in [0.1, 0.15) is 52.7 Å². The van der Waals surface area contributed by atoms with Crippen LogP contribution in [0.5, 0.6) is 0 Å². The van der Waals surface area contributed by atoms with Gasteiger partial charge in [-0.3, -0.25) is 4.79 Å². The van der Waals surface area contributed by atoms with E-state index < -0.39 is 0 Å². The molecular weight excluding hydrogens is 370 g/mol. The summed E-state index contributed by atoms with van der Waals surface area (Å²) in [6.45, 7) is 2.97. The molecule has 28 heavy (non-hydrogen) atoms. The van der Waals surface area contributed by atoms with Crippen LogP contribution in [0.2, 0.25) is 5.02 Å². The summed E-state index contributed by atoms with van der Waals surface area (Å²) in [4.78, 5) is 14.9. The number of aryl methyl sites for hydroxylation is 1. The molecule has 2 aliphatic rings. The highest BCUT2D eigenvalue weighted by molar-refractivity contribution is 6.33. The Hall–Kier alpha value is -2.51. The molecule has 1 heterocycles. The molecule has 5 heteroatoms. The first-order chi connectivity index (χ1) is 13.6. The maximum Gasteiger partial charge on any atom is 0.251 e. The molecule has 0 saturated heterocycles. The van der Waals surface area contributed by atoms with Crippen LogP contribution < -0.4 is 10.2 Å². The van der Waals surface area contributed by atoms with Gasteiger partial charge < -0.3 is 10.2 Å². The van der Waals surface area contributed by atoms with Gasteiger partial charge >= 0.3 is 0 Å². The Morgan fingerprint density at radius 1 is 1.14 bits per heavy atom. The Balaban J connectivity index is 1.37. The number of anilines is 1. The van der Waals surface area contributed by atoms with Gasteiger partial charge in [-0.05, 0) is 68.9 Å². The molecule has 1 amide bonds. The number of hydrogen-bond acceptors (Lipinski definition) is 3. The summed E-state index contributed by atoms with van der Waals surface area (Å²) >= 11 is 6.41. The molecule has 4 nitrogen and oxygen atoms in total. The van der Waals surface area contributed by atoms with E-state index in [2.05, 4.69) is 16.3 Å². The van der Waals surface area contributed by atoms with Crippen molar-refractivity contribution in [2.24, 2.45) is 0 Å². The number of nitrogens with one attached hydrogen (secondary N) is 1. The van der Waals surface area contributed by atoms with Gasteiger partial charge in [0, 0.05) is 29.9 Å². The number of nitriles is 1. The van der Waals surface area contributed by atoms with Crippen LogP contribution in [0.25, 0.3) is 0 Å². The lowest BCUT2D eigenvalue weighted by molar-refractivity contribution is 0.0925. The van der Waals surface area contributed by atoms with E-state index in [1.807, 2.05) is 43.3 Å². The second-order valence-electron chi connectivity index (χ2n) is 7.82. The highest BCUT2D eigenvalue weighted by atomic mass is 35.5. The standard InChI is InChI=1S/C23H24ClN3O/c1-15-2-4-16(5-3-15)23(28)26-18-7-9-19(10-8-18)27-13-12-20-21(27)11-6-17(14-25)22(20)24/h2-6,11,18-19H,7-10,12-13H2,1H3,(H,26,28)/t18-,19-. The summed E-state index contributed by atoms with van der Waals surface area (Å²) in [6.07, 6.45) is 4.97. The lowest BCUT2D eigenvalue weighted by atomic mass is 9.90. The molecule has 144 valence electrons. The van der Waals surface area contributed by atoms with E-state index in [1.54, 1.807) is 0 Å². The molecule has 1 N–H and O–H groups in total. The molecule has 1 saturated carbocycles. The van der Waals surface area contributed by atoms with Gasteiger partial charge in [-0.25, -0.2) is 0 Å². The van der Waals surface area contributed by atoms with Crippen molar-refractivity contribution in [2.75, 3.05) is 11.4 Å². The number of carbonyl (C=O) groups excluding carboxylic acids is 1. The van der Waals surface area contributed by atoms with E-state index in [1.165, 1.54) is 5.69 Å². The van der Waals surface area contributed by atoms with Crippen molar-refractivity contribution in [3.05, 3.63) is 63.7 Å². The van der Waals surface area contributed by atoms with Gasteiger partial charge in [-0.1, -0.05) is 29.3 Å². The van der Waals surface area contributed by atoms with Crippen molar-refractivity contribution >= 4 is 23.2 Å². The molecule has 0 bridgehead atoms. The van der Waals surface area contributed by atoms with Crippen molar-refractivity contribution in [3.8, 4) is 6.07 Å². The van der Waals surface area contributed by atoms with Crippen LogP contribution in [0, 0.1) is 18.3 Å². The first-order valence-corrected chi connectivity index (χ1v) is 10.3. The molecule has 0 spiro atoms. The number of carbonyl (C=O) groups is 1. The quantitative estimate of drug-likeness (QED) is 0.827. The maximum atomic E-state index is 12.5. The number of amides is 1. The second kappa shape index (κ2) is 7.85. The third-order valence-electron chi connectivity index (χ3n) is 6.04. The number of rotatable bonds is 3. The largest absolute Gasteiger partial charge is 0.368 e. The van der Waals surface area contributed by atoms with Crippen LogP contribution in [-0.4, -0.2) is 24.5 Å². The fraction of sp³-hybridized carbons (Fsp3) is 0.391. The summed E-state index contributed by atoms with van der Waals surface area (Å²) in [5.41, 5.74) is 4.73. The molecule has 0 atom stereocenters. The average molecular weight is 394 g/mol. The van der Waals surface area contributed by atoms with E-state index in [0.717, 1.165) is 55.3 Å². The van der Waals surface area contributed by atoms with E-state index in [-0.39, 0.29) is 11.9 Å². The fourth-order valence-corrected chi connectivity index (χ4v) is 4.74. The smallest absolute Gasteiger partial charge is 0.251 e. The Bertz CT molecular complexity index is 924. The zero-order chi connectivity index (χ0) is 19.7. The Kier molecular flexibility index (Phi) is 5.28. The average Bonchev–Trinajstić information content (AvgIpc) is 3.14. The zero-order valence-electron chi connectivity index (χ0n) is 16.0. The third kappa shape index (κ3) is 3.59. The van der Waals surface area contributed by atoms with Gasteiger partial charge in [-0.2, -0.15) is 5.26 Å². The Morgan fingerprint density at radius 3 is 2.54 bits per heavy atom. The summed E-state index contributed by atoms with van der Waals surface area (Å²) in [5, 5.41) is 13.0. The molecule has 1 aliphatic carbocycles. The molecule has 4 rings (SSSR count). The van der Waals surface area contributed by atoms with Crippen LogP contribution >= 0.6 is 11.6 Å². The van der Waals surface area contributed by atoms with Gasteiger partial charge in [0.2, 0.25) is 0 Å². The predicted molar refractivity (Wildman–Crippen MR) is 112 cm³/mol. The topological polar surface area (TPSA) is 56.1 Å². The lowest BCUT2D eigenvalue weighted by Gasteiger charge is -2.36. The number of fused-ring (bicyclic) bond motifs is 1. The minimum atomic E-state index is 0.0192. The summed E-state index contributed by atoms with van der Waals surface area (Å²) in [5.74, 6) is 0.0192. The highest BCUT2D eigenvalue weighted by Gasteiger charge is 2.32. The SMILES string of the molecule is Cc1ccc(C(=O)N[C@H]2CC[C@H](N3CCc4c3ccc(C#N)c4Cl)CC2)cc1. The van der Waals surface area contributed by atoms with Crippen molar-refractivity contribution in [3.63, 3.8) is 0 Å². The van der Waals surface area contributed by atoms with E-state index in [0.29, 0.717) is 16.6 Å². The monoisotopic (exact) mass is 393 g/mol. The minimum absolute atomic E-state index is 0.0192. The maximum absolute atomic E-state index is 12.5. The summed E-state index contributed by atoms with van der Waals surface area (Å²) in [7, 11) is 0. The van der Waals surface area contributed by atoms with Crippen molar-refractivity contribution < 1.29 is 4.79 Å².